The molecule has 0 amide bonds. The van der Waals surface area contributed by atoms with E-state index >= 15 is 0 Å². The van der Waals surface area contributed by atoms with Crippen LogP contribution >= 0.6 is 0 Å². The summed E-state index contributed by atoms with van der Waals surface area (Å²) in [6.45, 7) is 1.48. The fourth-order valence-electron chi connectivity index (χ4n) is 2.69. The minimum absolute atomic E-state index is 0.164. The lowest BCUT2D eigenvalue weighted by molar-refractivity contribution is -0.0831. The maximum absolute atomic E-state index is 13.6. The van der Waals surface area contributed by atoms with Crippen molar-refractivity contribution in [1.82, 2.24) is 0 Å². The minimum atomic E-state index is -2.68. The summed E-state index contributed by atoms with van der Waals surface area (Å²) in [6.07, 6.45) is 0.258. The average Bonchev–Trinajstić information content (AvgIpc) is 2.36. The van der Waals surface area contributed by atoms with Crippen LogP contribution in [0.5, 0.6) is 5.75 Å². The predicted molar refractivity (Wildman–Crippen MR) is 63.6 cm³/mol. The maximum Gasteiger partial charge on any atom is 0.250 e. The molecule has 1 aliphatic rings. The van der Waals surface area contributed by atoms with Crippen molar-refractivity contribution in [2.24, 2.45) is 5.92 Å². The van der Waals surface area contributed by atoms with Gasteiger partial charge >= 0.3 is 0 Å². The molecular weight excluding hydrogens is 260 g/mol. The summed E-state index contributed by atoms with van der Waals surface area (Å²) in [4.78, 5) is 0. The third-order valence-electron chi connectivity index (χ3n) is 3.91. The van der Waals surface area contributed by atoms with E-state index < -0.39 is 23.5 Å². The molecule has 19 heavy (non-hydrogen) atoms. The van der Waals surface area contributed by atoms with Gasteiger partial charge < -0.3 is 4.74 Å². The Morgan fingerprint density at radius 2 is 1.95 bits per heavy atom. The van der Waals surface area contributed by atoms with Gasteiger partial charge in [-0.3, -0.25) is 0 Å². The minimum Gasteiger partial charge on any atom is -0.493 e. The van der Waals surface area contributed by atoms with Crippen LogP contribution < -0.4 is 4.74 Å². The molecule has 1 aromatic rings. The summed E-state index contributed by atoms with van der Waals surface area (Å²) >= 11 is 0. The van der Waals surface area contributed by atoms with Crippen LogP contribution in [0, 0.1) is 17.6 Å². The summed E-state index contributed by atoms with van der Waals surface area (Å²) in [5, 5.41) is 0. The number of methoxy groups -OCH3 is 1. The maximum atomic E-state index is 13.6. The summed E-state index contributed by atoms with van der Waals surface area (Å²) in [7, 11) is 1.25. The molecule has 1 fully saturated rings. The van der Waals surface area contributed by atoms with Crippen molar-refractivity contribution in [2.75, 3.05) is 7.11 Å². The quantitative estimate of drug-likeness (QED) is 0.722. The zero-order chi connectivity index (χ0) is 14.2. The first-order chi connectivity index (χ1) is 8.86. The second-order valence-electron chi connectivity index (χ2n) is 5.12. The first-order valence-electron chi connectivity index (χ1n) is 6.26. The smallest absolute Gasteiger partial charge is 0.250 e. The van der Waals surface area contributed by atoms with Crippen molar-refractivity contribution in [3.05, 3.63) is 29.3 Å². The van der Waals surface area contributed by atoms with E-state index in [1.165, 1.54) is 20.1 Å². The van der Waals surface area contributed by atoms with Crippen LogP contribution in [0.4, 0.5) is 17.6 Å². The molecule has 1 saturated carbocycles. The molecule has 2 rings (SSSR count). The standard InChI is InChI=1S/C14H16F4O/c1-8-7-9(5-6-14(8,17)18)10-3-4-11(15)12(16)13(10)19-2/h3-4,8-9H,5-7H2,1-2H3. The molecule has 0 radical (unpaired) electrons. The molecule has 1 nitrogen and oxygen atoms in total. The van der Waals surface area contributed by atoms with E-state index in [4.69, 9.17) is 4.74 Å². The van der Waals surface area contributed by atoms with E-state index in [1.54, 1.807) is 0 Å². The Balaban J connectivity index is 2.31. The molecule has 106 valence electrons. The molecule has 0 bridgehead atoms. The molecule has 1 aliphatic carbocycles. The summed E-state index contributed by atoms with van der Waals surface area (Å²) in [5.41, 5.74) is 0.476. The van der Waals surface area contributed by atoms with Crippen LogP contribution in [-0.2, 0) is 0 Å². The van der Waals surface area contributed by atoms with E-state index in [-0.39, 0.29) is 30.9 Å². The SMILES string of the molecule is COc1c(C2CCC(F)(F)C(C)C2)ccc(F)c1F. The summed E-state index contributed by atoms with van der Waals surface area (Å²) in [5.74, 6) is -5.88. The highest BCUT2D eigenvalue weighted by Crippen LogP contribution is 2.47. The van der Waals surface area contributed by atoms with Gasteiger partial charge in [-0.05, 0) is 24.8 Å². The van der Waals surface area contributed by atoms with Crippen molar-refractivity contribution >= 4 is 0 Å². The lowest BCUT2D eigenvalue weighted by Gasteiger charge is -2.34. The Morgan fingerprint density at radius 1 is 1.26 bits per heavy atom. The van der Waals surface area contributed by atoms with E-state index in [9.17, 15) is 17.6 Å². The van der Waals surface area contributed by atoms with Crippen LogP contribution in [0.15, 0.2) is 12.1 Å². The fourth-order valence-corrected chi connectivity index (χ4v) is 2.69. The Kier molecular flexibility index (Phi) is 3.74. The van der Waals surface area contributed by atoms with Gasteiger partial charge in [0.05, 0.1) is 7.11 Å². The van der Waals surface area contributed by atoms with E-state index in [2.05, 4.69) is 0 Å². The number of halogens is 4. The van der Waals surface area contributed by atoms with Gasteiger partial charge in [0.15, 0.2) is 11.6 Å². The van der Waals surface area contributed by atoms with Gasteiger partial charge in [0.2, 0.25) is 5.82 Å². The van der Waals surface area contributed by atoms with E-state index in [1.807, 2.05) is 0 Å². The second kappa shape index (κ2) is 5.02. The van der Waals surface area contributed by atoms with Crippen molar-refractivity contribution in [1.29, 1.82) is 0 Å². The molecule has 0 saturated heterocycles. The van der Waals surface area contributed by atoms with Crippen molar-refractivity contribution in [3.63, 3.8) is 0 Å². The first-order valence-corrected chi connectivity index (χ1v) is 6.26. The Hall–Kier alpha value is -1.26. The van der Waals surface area contributed by atoms with Gasteiger partial charge in [0.1, 0.15) is 0 Å². The van der Waals surface area contributed by atoms with E-state index in [0.29, 0.717) is 5.56 Å². The fraction of sp³-hybridized carbons (Fsp3) is 0.571. The predicted octanol–water partition coefficient (Wildman–Crippen LogP) is 4.51. The van der Waals surface area contributed by atoms with Gasteiger partial charge in [0, 0.05) is 17.9 Å². The van der Waals surface area contributed by atoms with Crippen molar-refractivity contribution < 1.29 is 22.3 Å². The summed E-state index contributed by atoms with van der Waals surface area (Å²) in [6, 6.07) is 2.45. The number of ether oxygens (including phenoxy) is 1. The largest absolute Gasteiger partial charge is 0.493 e. The van der Waals surface area contributed by atoms with Crippen LogP contribution in [0.3, 0.4) is 0 Å². The lowest BCUT2D eigenvalue weighted by Crippen LogP contribution is -2.32. The normalized spacial score (nSPS) is 26.2. The molecule has 0 aliphatic heterocycles. The highest BCUT2D eigenvalue weighted by atomic mass is 19.3. The number of alkyl halides is 2. The Labute approximate surface area is 109 Å². The zero-order valence-corrected chi connectivity index (χ0v) is 10.9. The van der Waals surface area contributed by atoms with Crippen molar-refractivity contribution in [2.45, 2.75) is 38.0 Å². The molecule has 2 atom stereocenters. The molecule has 1 aromatic carbocycles. The molecule has 0 aromatic heterocycles. The van der Waals surface area contributed by atoms with Gasteiger partial charge in [-0.15, -0.1) is 0 Å². The van der Waals surface area contributed by atoms with Crippen molar-refractivity contribution in [3.8, 4) is 5.75 Å². The number of hydrogen-bond acceptors (Lipinski definition) is 1. The number of benzene rings is 1. The van der Waals surface area contributed by atoms with Crippen LogP contribution in [0.25, 0.3) is 0 Å². The second-order valence-corrected chi connectivity index (χ2v) is 5.12. The van der Waals surface area contributed by atoms with Crippen LogP contribution in [-0.4, -0.2) is 13.0 Å². The molecular formula is C14H16F4O. The lowest BCUT2D eigenvalue weighted by atomic mass is 9.76. The average molecular weight is 276 g/mol. The monoisotopic (exact) mass is 276 g/mol. The van der Waals surface area contributed by atoms with Gasteiger partial charge in [-0.25, -0.2) is 13.2 Å². The van der Waals surface area contributed by atoms with Gasteiger partial charge in [0.25, 0.3) is 5.92 Å². The summed E-state index contributed by atoms with van der Waals surface area (Å²) < 4.78 is 58.5. The topological polar surface area (TPSA) is 9.23 Å². The zero-order valence-electron chi connectivity index (χ0n) is 10.9. The van der Waals surface area contributed by atoms with Crippen LogP contribution in [0.1, 0.15) is 37.7 Å². The Morgan fingerprint density at radius 3 is 2.53 bits per heavy atom. The van der Waals surface area contributed by atoms with Gasteiger partial charge in [-0.1, -0.05) is 13.0 Å². The highest BCUT2D eigenvalue weighted by molar-refractivity contribution is 5.38. The highest BCUT2D eigenvalue weighted by Gasteiger charge is 2.42. The van der Waals surface area contributed by atoms with E-state index in [0.717, 1.165) is 6.07 Å². The third kappa shape index (κ3) is 2.55. The first kappa shape index (κ1) is 14.2. The van der Waals surface area contributed by atoms with Crippen LogP contribution in [0.2, 0.25) is 0 Å². The molecule has 5 heteroatoms. The molecule has 0 N–H and O–H groups in total. The number of hydrogen-bond donors (Lipinski definition) is 0. The third-order valence-corrected chi connectivity index (χ3v) is 3.91. The van der Waals surface area contributed by atoms with Gasteiger partial charge in [-0.2, -0.15) is 4.39 Å². The molecule has 0 spiro atoms. The number of rotatable bonds is 2. The Bertz CT molecular complexity index is 473. The molecule has 0 heterocycles. The molecule has 2 unspecified atom stereocenters.